The average Bonchev–Trinajstić information content (AvgIpc) is 2.25. The Hall–Kier alpha value is -2.18. The van der Waals surface area contributed by atoms with Gasteiger partial charge < -0.3 is 5.73 Å². The van der Waals surface area contributed by atoms with Crippen LogP contribution in [-0.4, -0.2) is 9.97 Å². The Balaban J connectivity index is 2.50. The number of aryl methyl sites for hydroxylation is 1. The zero-order chi connectivity index (χ0) is 14.2. The van der Waals surface area contributed by atoms with Crippen LogP contribution in [0.3, 0.4) is 0 Å². The smallest absolute Gasteiger partial charge is 0.384 e. The van der Waals surface area contributed by atoms with Crippen molar-refractivity contribution in [2.24, 2.45) is 0 Å². The molecule has 19 heavy (non-hydrogen) atoms. The summed E-state index contributed by atoms with van der Waals surface area (Å²) in [5.74, 6) is -0.821. The van der Waals surface area contributed by atoms with Gasteiger partial charge in [0.05, 0.1) is 11.3 Å². The summed E-state index contributed by atoms with van der Waals surface area (Å²) in [5.41, 5.74) is 4.69. The van der Waals surface area contributed by atoms with Crippen molar-refractivity contribution < 1.29 is 17.6 Å². The van der Waals surface area contributed by atoms with Crippen LogP contribution in [0, 0.1) is 12.7 Å². The van der Waals surface area contributed by atoms with Crippen molar-refractivity contribution in [2.45, 2.75) is 13.1 Å². The average molecular weight is 271 g/mol. The Bertz CT molecular complexity index is 603. The van der Waals surface area contributed by atoms with E-state index in [0.717, 1.165) is 12.1 Å². The van der Waals surface area contributed by atoms with Crippen LogP contribution in [0.15, 0.2) is 24.3 Å². The van der Waals surface area contributed by atoms with Gasteiger partial charge in [0.2, 0.25) is 0 Å². The molecule has 3 nitrogen and oxygen atoms in total. The first-order valence-electron chi connectivity index (χ1n) is 5.25. The van der Waals surface area contributed by atoms with Gasteiger partial charge in [-0.1, -0.05) is 6.07 Å². The fraction of sp³-hybridized carbons (Fsp3) is 0.167. The normalized spacial score (nSPS) is 11.6. The number of hydrogen-bond acceptors (Lipinski definition) is 3. The molecule has 0 aliphatic carbocycles. The highest BCUT2D eigenvalue weighted by Gasteiger charge is 2.34. The van der Waals surface area contributed by atoms with Gasteiger partial charge in [0.25, 0.3) is 0 Å². The maximum Gasteiger partial charge on any atom is 0.419 e. The molecular weight excluding hydrogens is 262 g/mol. The Morgan fingerprint density at radius 2 is 1.79 bits per heavy atom. The van der Waals surface area contributed by atoms with Crippen LogP contribution < -0.4 is 5.73 Å². The van der Waals surface area contributed by atoms with Gasteiger partial charge in [0.1, 0.15) is 17.5 Å². The van der Waals surface area contributed by atoms with Crippen molar-refractivity contribution in [1.29, 1.82) is 0 Å². The standard InChI is InChI=1S/C12H9F4N3/c1-6-18-10(5-11(17)19-6)7-2-3-8(9(13)4-7)12(14,15)16/h2-5H,1H3,(H2,17,18,19). The Labute approximate surface area is 106 Å². The maximum atomic E-state index is 13.4. The van der Waals surface area contributed by atoms with Gasteiger partial charge in [-0.25, -0.2) is 14.4 Å². The van der Waals surface area contributed by atoms with Crippen LogP contribution in [-0.2, 0) is 6.18 Å². The van der Waals surface area contributed by atoms with Crippen LogP contribution in [0.5, 0.6) is 0 Å². The van der Waals surface area contributed by atoms with E-state index in [1.165, 1.54) is 6.07 Å². The van der Waals surface area contributed by atoms with E-state index < -0.39 is 17.6 Å². The summed E-state index contributed by atoms with van der Waals surface area (Å²) in [5, 5.41) is 0. The molecule has 0 atom stereocenters. The predicted molar refractivity (Wildman–Crippen MR) is 61.6 cm³/mol. The molecule has 0 amide bonds. The van der Waals surface area contributed by atoms with Crippen LogP contribution >= 0.6 is 0 Å². The molecule has 7 heteroatoms. The number of nitrogen functional groups attached to an aromatic ring is 1. The van der Waals surface area contributed by atoms with E-state index in [2.05, 4.69) is 9.97 Å². The molecule has 1 heterocycles. The third-order valence-electron chi connectivity index (χ3n) is 2.43. The van der Waals surface area contributed by atoms with Crippen molar-refractivity contribution in [3.63, 3.8) is 0 Å². The first-order chi connectivity index (χ1) is 8.77. The highest BCUT2D eigenvalue weighted by molar-refractivity contribution is 5.62. The van der Waals surface area contributed by atoms with Crippen LogP contribution in [0.2, 0.25) is 0 Å². The minimum atomic E-state index is -4.72. The largest absolute Gasteiger partial charge is 0.419 e. The molecule has 0 aliphatic heterocycles. The molecule has 2 aromatic rings. The van der Waals surface area contributed by atoms with Crippen LogP contribution in [0.25, 0.3) is 11.3 Å². The van der Waals surface area contributed by atoms with Crippen molar-refractivity contribution >= 4 is 5.82 Å². The fourth-order valence-electron chi connectivity index (χ4n) is 1.64. The summed E-state index contributed by atoms with van der Waals surface area (Å²) >= 11 is 0. The molecule has 0 unspecified atom stereocenters. The lowest BCUT2D eigenvalue weighted by atomic mass is 10.1. The maximum absolute atomic E-state index is 13.4. The number of benzene rings is 1. The van der Waals surface area contributed by atoms with E-state index in [1.54, 1.807) is 6.92 Å². The molecule has 0 saturated carbocycles. The Morgan fingerprint density at radius 3 is 2.32 bits per heavy atom. The quantitative estimate of drug-likeness (QED) is 0.810. The minimum absolute atomic E-state index is 0.169. The summed E-state index contributed by atoms with van der Waals surface area (Å²) in [6.07, 6.45) is -4.72. The molecule has 0 fully saturated rings. The summed E-state index contributed by atoms with van der Waals surface area (Å²) in [7, 11) is 0. The van der Waals surface area contributed by atoms with Gasteiger partial charge in [-0.3, -0.25) is 0 Å². The van der Waals surface area contributed by atoms with E-state index in [-0.39, 0.29) is 17.1 Å². The third-order valence-corrected chi connectivity index (χ3v) is 2.43. The van der Waals surface area contributed by atoms with E-state index in [9.17, 15) is 17.6 Å². The number of nitrogens with zero attached hydrogens (tertiary/aromatic N) is 2. The van der Waals surface area contributed by atoms with Crippen molar-refractivity contribution in [2.75, 3.05) is 5.73 Å². The summed E-state index contributed by atoms with van der Waals surface area (Å²) in [6.45, 7) is 1.58. The second-order valence-electron chi connectivity index (χ2n) is 3.92. The zero-order valence-corrected chi connectivity index (χ0v) is 9.79. The minimum Gasteiger partial charge on any atom is -0.384 e. The lowest BCUT2D eigenvalue weighted by Crippen LogP contribution is -2.08. The first kappa shape index (κ1) is 13.3. The summed E-state index contributed by atoms with van der Waals surface area (Å²) in [6, 6.07) is 3.98. The monoisotopic (exact) mass is 271 g/mol. The Kier molecular flexibility index (Phi) is 3.13. The fourth-order valence-corrected chi connectivity index (χ4v) is 1.64. The lowest BCUT2D eigenvalue weighted by Gasteiger charge is -2.09. The molecule has 0 saturated heterocycles. The predicted octanol–water partition coefficient (Wildman–Crippen LogP) is 3.19. The SMILES string of the molecule is Cc1nc(N)cc(-c2ccc(C(F)(F)F)c(F)c2)n1. The molecule has 2 N–H and O–H groups in total. The number of rotatable bonds is 1. The number of nitrogens with two attached hydrogens (primary N) is 1. The van der Waals surface area contributed by atoms with E-state index in [1.807, 2.05) is 0 Å². The Morgan fingerprint density at radius 1 is 1.11 bits per heavy atom. The summed E-state index contributed by atoms with van der Waals surface area (Å²) < 4.78 is 50.7. The zero-order valence-electron chi connectivity index (χ0n) is 9.79. The molecule has 100 valence electrons. The van der Waals surface area contributed by atoms with Gasteiger partial charge in [-0.2, -0.15) is 13.2 Å². The number of aromatic nitrogens is 2. The molecule has 0 bridgehead atoms. The molecule has 1 aromatic heterocycles. The van der Waals surface area contributed by atoms with Gasteiger partial charge in [-0.05, 0) is 19.1 Å². The second kappa shape index (κ2) is 4.49. The summed E-state index contributed by atoms with van der Waals surface area (Å²) in [4.78, 5) is 7.83. The van der Waals surface area contributed by atoms with Crippen molar-refractivity contribution in [3.8, 4) is 11.3 Å². The number of alkyl halides is 3. The number of hydrogen-bond donors (Lipinski definition) is 1. The van der Waals surface area contributed by atoms with Crippen molar-refractivity contribution in [1.82, 2.24) is 9.97 Å². The van der Waals surface area contributed by atoms with Crippen molar-refractivity contribution in [3.05, 3.63) is 41.5 Å². The number of anilines is 1. The lowest BCUT2D eigenvalue weighted by molar-refractivity contribution is -0.139. The number of halogens is 4. The topological polar surface area (TPSA) is 51.8 Å². The van der Waals surface area contributed by atoms with Gasteiger partial charge in [-0.15, -0.1) is 0 Å². The van der Waals surface area contributed by atoms with Crippen LogP contribution in [0.4, 0.5) is 23.4 Å². The van der Waals surface area contributed by atoms with Gasteiger partial charge >= 0.3 is 6.18 Å². The first-order valence-corrected chi connectivity index (χ1v) is 5.25. The molecule has 2 rings (SSSR count). The molecule has 0 spiro atoms. The van der Waals surface area contributed by atoms with Gasteiger partial charge in [0, 0.05) is 11.6 Å². The molecular formula is C12H9F4N3. The third kappa shape index (κ3) is 2.81. The molecule has 0 radical (unpaired) electrons. The highest BCUT2D eigenvalue weighted by Crippen LogP contribution is 2.33. The van der Waals surface area contributed by atoms with E-state index in [0.29, 0.717) is 11.9 Å². The molecule has 1 aromatic carbocycles. The van der Waals surface area contributed by atoms with Crippen LogP contribution in [0.1, 0.15) is 11.4 Å². The van der Waals surface area contributed by atoms with Gasteiger partial charge in [0.15, 0.2) is 0 Å². The van der Waals surface area contributed by atoms with E-state index in [4.69, 9.17) is 5.73 Å². The highest BCUT2D eigenvalue weighted by atomic mass is 19.4. The second-order valence-corrected chi connectivity index (χ2v) is 3.92. The van der Waals surface area contributed by atoms with E-state index >= 15 is 0 Å². The molecule has 0 aliphatic rings.